The van der Waals surface area contributed by atoms with Gasteiger partial charge in [-0.05, 0) is 87.3 Å². The number of benzene rings is 1. The summed E-state index contributed by atoms with van der Waals surface area (Å²) in [5, 5.41) is 5.88. The lowest BCUT2D eigenvalue weighted by atomic mass is 9.49. The molecule has 0 radical (unpaired) electrons. The smallest absolute Gasteiger partial charge is 0.226 e. The van der Waals surface area contributed by atoms with E-state index in [9.17, 15) is 18.4 Å². The van der Waals surface area contributed by atoms with Gasteiger partial charge in [-0.2, -0.15) is 0 Å². The van der Waals surface area contributed by atoms with Crippen LogP contribution in [-0.2, 0) is 9.59 Å². The van der Waals surface area contributed by atoms with E-state index in [-0.39, 0.29) is 23.7 Å². The number of carbonyl (C=O) groups excluding carboxylic acids is 2. The third-order valence-corrected chi connectivity index (χ3v) is 7.21. The van der Waals surface area contributed by atoms with Crippen molar-refractivity contribution in [3.05, 3.63) is 35.4 Å². The second kappa shape index (κ2) is 8.04. The minimum atomic E-state index is -0.920. The van der Waals surface area contributed by atoms with Crippen LogP contribution in [0.1, 0.15) is 69.9 Å². The number of nitrogens with one attached hydrogen (secondary N) is 2. The van der Waals surface area contributed by atoms with Gasteiger partial charge < -0.3 is 10.6 Å². The van der Waals surface area contributed by atoms with Crippen LogP contribution >= 0.6 is 0 Å². The Hall–Kier alpha value is -1.98. The van der Waals surface area contributed by atoms with Gasteiger partial charge in [-0.3, -0.25) is 9.59 Å². The van der Waals surface area contributed by atoms with Crippen LogP contribution in [0.2, 0.25) is 0 Å². The van der Waals surface area contributed by atoms with Crippen molar-refractivity contribution >= 4 is 11.8 Å². The van der Waals surface area contributed by atoms with Crippen molar-refractivity contribution in [2.24, 2.45) is 23.2 Å². The van der Waals surface area contributed by atoms with Crippen molar-refractivity contribution in [2.75, 3.05) is 6.54 Å². The zero-order valence-electron chi connectivity index (χ0n) is 17.0. The molecule has 6 heteroatoms. The van der Waals surface area contributed by atoms with Crippen molar-refractivity contribution in [1.82, 2.24) is 10.6 Å². The van der Waals surface area contributed by atoms with E-state index in [1.54, 1.807) is 6.92 Å². The molecule has 4 fully saturated rings. The highest BCUT2D eigenvalue weighted by molar-refractivity contribution is 5.83. The van der Waals surface area contributed by atoms with Crippen molar-refractivity contribution in [3.63, 3.8) is 0 Å². The van der Waals surface area contributed by atoms with Gasteiger partial charge in [0.2, 0.25) is 11.8 Å². The van der Waals surface area contributed by atoms with E-state index in [1.165, 1.54) is 25.3 Å². The SMILES string of the molecule is CC(NC(=O)CCCNC(=O)C12CC3CC(CC(C3)C1)C2)c1ccc(F)c(F)c1. The molecule has 2 N–H and O–H groups in total. The Bertz CT molecular complexity index is 760. The molecule has 2 amide bonds. The highest BCUT2D eigenvalue weighted by Gasteiger charge is 2.54. The molecule has 0 saturated heterocycles. The average molecular weight is 405 g/mol. The van der Waals surface area contributed by atoms with Gasteiger partial charge in [0.1, 0.15) is 0 Å². The van der Waals surface area contributed by atoms with E-state index < -0.39 is 17.7 Å². The second-order valence-corrected chi connectivity index (χ2v) is 9.52. The number of hydrogen-bond acceptors (Lipinski definition) is 2. The molecule has 4 bridgehead atoms. The maximum atomic E-state index is 13.3. The first-order chi connectivity index (χ1) is 13.8. The molecule has 5 rings (SSSR count). The first-order valence-corrected chi connectivity index (χ1v) is 10.9. The Labute approximate surface area is 170 Å². The molecule has 1 aromatic rings. The number of rotatable bonds is 7. The van der Waals surface area contributed by atoms with Gasteiger partial charge in [0.25, 0.3) is 0 Å². The van der Waals surface area contributed by atoms with Crippen LogP contribution in [0.5, 0.6) is 0 Å². The molecule has 1 aromatic carbocycles. The lowest BCUT2D eigenvalue weighted by Crippen LogP contribution is -2.53. The summed E-state index contributed by atoms with van der Waals surface area (Å²) in [6, 6.07) is 3.23. The summed E-state index contributed by atoms with van der Waals surface area (Å²) in [7, 11) is 0. The average Bonchev–Trinajstić information content (AvgIpc) is 2.66. The summed E-state index contributed by atoms with van der Waals surface area (Å²) in [5.74, 6) is 0.401. The summed E-state index contributed by atoms with van der Waals surface area (Å²) < 4.78 is 26.4. The standard InChI is InChI=1S/C23H30F2N2O2/c1-14(18-4-5-19(24)20(25)10-18)27-21(28)3-2-6-26-22(29)23-11-15-7-16(12-23)9-17(8-15)13-23/h4-5,10,14-17H,2-3,6-9,11-13H2,1H3,(H,26,29)(H,27,28). The fraction of sp³-hybridized carbons (Fsp3) is 0.652. The molecule has 1 unspecified atom stereocenters. The van der Waals surface area contributed by atoms with Crippen LogP contribution in [0.25, 0.3) is 0 Å². The molecule has 4 saturated carbocycles. The molecule has 4 nitrogen and oxygen atoms in total. The highest BCUT2D eigenvalue weighted by atomic mass is 19.2. The number of hydrogen-bond donors (Lipinski definition) is 2. The Morgan fingerprint density at radius 1 is 1.07 bits per heavy atom. The summed E-state index contributed by atoms with van der Waals surface area (Å²) >= 11 is 0. The van der Waals surface area contributed by atoms with Crippen molar-refractivity contribution < 1.29 is 18.4 Å². The van der Waals surface area contributed by atoms with E-state index in [2.05, 4.69) is 10.6 Å². The van der Waals surface area contributed by atoms with Crippen molar-refractivity contribution in [1.29, 1.82) is 0 Å². The normalized spacial score (nSPS) is 30.8. The number of amides is 2. The topological polar surface area (TPSA) is 58.2 Å². The van der Waals surface area contributed by atoms with E-state index in [0.29, 0.717) is 18.5 Å². The van der Waals surface area contributed by atoms with Crippen LogP contribution in [0.4, 0.5) is 8.78 Å². The van der Waals surface area contributed by atoms with Gasteiger partial charge in [0, 0.05) is 18.4 Å². The Morgan fingerprint density at radius 3 is 2.28 bits per heavy atom. The Balaban J connectivity index is 1.20. The largest absolute Gasteiger partial charge is 0.356 e. The Kier molecular flexibility index (Phi) is 5.63. The van der Waals surface area contributed by atoms with E-state index in [0.717, 1.165) is 49.1 Å². The predicted octanol–water partition coefficient (Wildman–Crippen LogP) is 4.25. The zero-order chi connectivity index (χ0) is 20.6. The van der Waals surface area contributed by atoms with Gasteiger partial charge in [0.05, 0.1) is 6.04 Å². The Morgan fingerprint density at radius 2 is 1.69 bits per heavy atom. The van der Waals surface area contributed by atoms with Crippen LogP contribution in [0.3, 0.4) is 0 Å². The first-order valence-electron chi connectivity index (χ1n) is 10.9. The van der Waals surface area contributed by atoms with Crippen LogP contribution in [0.15, 0.2) is 18.2 Å². The predicted molar refractivity (Wildman–Crippen MR) is 106 cm³/mol. The van der Waals surface area contributed by atoms with Crippen molar-refractivity contribution in [3.8, 4) is 0 Å². The van der Waals surface area contributed by atoms with Gasteiger partial charge in [0.15, 0.2) is 11.6 Å². The van der Waals surface area contributed by atoms with Crippen molar-refractivity contribution in [2.45, 2.75) is 64.3 Å². The molecule has 0 aliphatic heterocycles. The maximum Gasteiger partial charge on any atom is 0.226 e. The first kappa shape index (κ1) is 20.3. The monoisotopic (exact) mass is 404 g/mol. The molecule has 0 aromatic heterocycles. The van der Waals surface area contributed by atoms with E-state index >= 15 is 0 Å². The molecule has 0 heterocycles. The zero-order valence-corrected chi connectivity index (χ0v) is 17.0. The van der Waals surface area contributed by atoms with Gasteiger partial charge in [-0.1, -0.05) is 6.07 Å². The fourth-order valence-corrected chi connectivity index (χ4v) is 6.21. The molecular weight excluding hydrogens is 374 g/mol. The number of carbonyl (C=O) groups is 2. The van der Waals surface area contributed by atoms with Gasteiger partial charge >= 0.3 is 0 Å². The third-order valence-electron chi connectivity index (χ3n) is 7.21. The summed E-state index contributed by atoms with van der Waals surface area (Å²) in [4.78, 5) is 25.0. The minimum Gasteiger partial charge on any atom is -0.356 e. The fourth-order valence-electron chi connectivity index (χ4n) is 6.21. The summed E-state index contributed by atoms with van der Waals surface area (Å²) in [6.45, 7) is 2.23. The maximum absolute atomic E-state index is 13.3. The van der Waals surface area contributed by atoms with Gasteiger partial charge in [-0.15, -0.1) is 0 Å². The quantitative estimate of drug-likeness (QED) is 0.668. The summed E-state index contributed by atoms with van der Waals surface area (Å²) in [5.41, 5.74) is 0.366. The molecule has 158 valence electrons. The van der Waals surface area contributed by atoms with Crippen LogP contribution in [-0.4, -0.2) is 18.4 Å². The minimum absolute atomic E-state index is 0.155. The van der Waals surface area contributed by atoms with E-state index in [1.807, 2.05) is 0 Å². The molecule has 1 atom stereocenters. The molecule has 29 heavy (non-hydrogen) atoms. The lowest BCUT2D eigenvalue weighted by Gasteiger charge is -2.55. The van der Waals surface area contributed by atoms with Gasteiger partial charge in [-0.25, -0.2) is 8.78 Å². The highest BCUT2D eigenvalue weighted by Crippen LogP contribution is 2.60. The number of halogens is 2. The molecule has 0 spiro atoms. The van der Waals surface area contributed by atoms with E-state index in [4.69, 9.17) is 0 Å². The van der Waals surface area contributed by atoms with Crippen LogP contribution < -0.4 is 10.6 Å². The molecular formula is C23H30F2N2O2. The summed E-state index contributed by atoms with van der Waals surface area (Å²) in [6.07, 6.45) is 7.89. The lowest BCUT2D eigenvalue weighted by molar-refractivity contribution is -0.146. The molecule has 4 aliphatic carbocycles. The van der Waals surface area contributed by atoms with Crippen LogP contribution in [0, 0.1) is 34.8 Å². The third kappa shape index (κ3) is 4.31. The second-order valence-electron chi connectivity index (χ2n) is 9.52. The molecule has 4 aliphatic rings.